The third-order valence-corrected chi connectivity index (χ3v) is 6.07. The molecule has 27 heavy (non-hydrogen) atoms. The van der Waals surface area contributed by atoms with E-state index in [-0.39, 0.29) is 5.91 Å². The molecule has 3 rings (SSSR count). The molecule has 0 aliphatic rings. The van der Waals surface area contributed by atoms with Crippen LogP contribution >= 0.6 is 23.1 Å². The van der Waals surface area contributed by atoms with E-state index in [0.29, 0.717) is 12.3 Å². The molecule has 0 aliphatic heterocycles. The molecule has 0 bridgehead atoms. The van der Waals surface area contributed by atoms with E-state index in [1.165, 1.54) is 22.9 Å². The van der Waals surface area contributed by atoms with Crippen LogP contribution in [0.2, 0.25) is 0 Å². The molecule has 0 atom stereocenters. The Morgan fingerprint density at radius 1 is 1.15 bits per heavy atom. The lowest BCUT2D eigenvalue weighted by molar-refractivity contribution is -0.118. The van der Waals surface area contributed by atoms with Gasteiger partial charge in [-0.2, -0.15) is 0 Å². The monoisotopic (exact) mass is 398 g/mol. The van der Waals surface area contributed by atoms with Crippen LogP contribution in [0.4, 0.5) is 0 Å². The van der Waals surface area contributed by atoms with E-state index in [1.807, 2.05) is 29.6 Å². The van der Waals surface area contributed by atoms with Crippen molar-refractivity contribution in [1.29, 1.82) is 0 Å². The summed E-state index contributed by atoms with van der Waals surface area (Å²) in [6.45, 7) is 2.69. The molecular formula is C21H22N2O2S2. The summed E-state index contributed by atoms with van der Waals surface area (Å²) in [6, 6.07) is 16.2. The van der Waals surface area contributed by atoms with E-state index in [1.54, 1.807) is 18.4 Å². The van der Waals surface area contributed by atoms with Crippen LogP contribution in [0.1, 0.15) is 11.1 Å². The zero-order valence-corrected chi connectivity index (χ0v) is 17.0. The van der Waals surface area contributed by atoms with Gasteiger partial charge in [0.1, 0.15) is 5.75 Å². The summed E-state index contributed by atoms with van der Waals surface area (Å²) in [5, 5.41) is 5.00. The van der Waals surface area contributed by atoms with E-state index >= 15 is 0 Å². The summed E-state index contributed by atoms with van der Waals surface area (Å²) >= 11 is 3.05. The Bertz CT molecular complexity index is 874. The molecule has 0 spiro atoms. The smallest absolute Gasteiger partial charge is 0.230 e. The standard InChI is InChI=1S/C21H22N2O2S2/c1-15-3-7-17(8-4-15)19-13-26-21(23-19)27-14-20(24)22-12-11-16-5-9-18(25-2)10-6-16/h3-10,13H,11-12,14H2,1-2H3,(H,22,24). The van der Waals surface area contributed by atoms with E-state index in [0.717, 1.165) is 27.8 Å². The highest BCUT2D eigenvalue weighted by Gasteiger charge is 2.08. The second kappa shape index (κ2) is 9.58. The van der Waals surface area contributed by atoms with Crippen LogP contribution in [0.5, 0.6) is 5.75 Å². The molecule has 0 saturated carbocycles. The molecule has 4 nitrogen and oxygen atoms in total. The molecule has 140 valence electrons. The van der Waals surface area contributed by atoms with Crippen LogP contribution in [0, 0.1) is 6.92 Å². The van der Waals surface area contributed by atoms with Crippen molar-refractivity contribution in [2.75, 3.05) is 19.4 Å². The highest BCUT2D eigenvalue weighted by Crippen LogP contribution is 2.28. The number of carbonyl (C=O) groups excluding carboxylic acids is 1. The van der Waals surface area contributed by atoms with Gasteiger partial charge in [-0.15, -0.1) is 11.3 Å². The van der Waals surface area contributed by atoms with Crippen LogP contribution < -0.4 is 10.1 Å². The number of hydrogen-bond acceptors (Lipinski definition) is 5. The zero-order valence-electron chi connectivity index (χ0n) is 15.4. The Morgan fingerprint density at radius 2 is 1.89 bits per heavy atom. The average molecular weight is 399 g/mol. The quantitative estimate of drug-likeness (QED) is 0.565. The number of aryl methyl sites for hydroxylation is 1. The Morgan fingerprint density at radius 3 is 2.59 bits per heavy atom. The Balaban J connectivity index is 1.42. The summed E-state index contributed by atoms with van der Waals surface area (Å²) in [4.78, 5) is 16.7. The van der Waals surface area contributed by atoms with Gasteiger partial charge in [-0.25, -0.2) is 4.98 Å². The number of methoxy groups -OCH3 is 1. The van der Waals surface area contributed by atoms with Crippen molar-refractivity contribution in [1.82, 2.24) is 10.3 Å². The summed E-state index contributed by atoms with van der Waals surface area (Å²) in [7, 11) is 1.65. The number of rotatable bonds is 8. The lowest BCUT2D eigenvalue weighted by atomic mass is 10.1. The molecule has 0 saturated heterocycles. The number of nitrogens with zero attached hydrogens (tertiary/aromatic N) is 1. The number of aromatic nitrogens is 1. The number of amides is 1. The number of thioether (sulfide) groups is 1. The van der Waals surface area contributed by atoms with Crippen molar-refractivity contribution < 1.29 is 9.53 Å². The largest absolute Gasteiger partial charge is 0.497 e. The predicted molar refractivity (Wildman–Crippen MR) is 113 cm³/mol. The third kappa shape index (κ3) is 5.84. The van der Waals surface area contributed by atoms with Crippen LogP contribution in [0.25, 0.3) is 11.3 Å². The topological polar surface area (TPSA) is 51.2 Å². The molecule has 0 fully saturated rings. The van der Waals surface area contributed by atoms with Crippen LogP contribution in [0.3, 0.4) is 0 Å². The maximum atomic E-state index is 12.0. The lowest BCUT2D eigenvalue weighted by Gasteiger charge is -2.05. The minimum absolute atomic E-state index is 0.0283. The first-order valence-electron chi connectivity index (χ1n) is 8.69. The molecule has 0 unspecified atom stereocenters. The summed E-state index contributed by atoms with van der Waals surface area (Å²) < 4.78 is 6.06. The second-order valence-electron chi connectivity index (χ2n) is 6.10. The van der Waals surface area contributed by atoms with Crippen LogP contribution in [-0.2, 0) is 11.2 Å². The number of thiazole rings is 1. The van der Waals surface area contributed by atoms with Gasteiger partial charge >= 0.3 is 0 Å². The minimum atomic E-state index is 0.0283. The average Bonchev–Trinajstić information content (AvgIpc) is 3.16. The van der Waals surface area contributed by atoms with E-state index in [4.69, 9.17) is 4.74 Å². The molecule has 2 aromatic carbocycles. The Hall–Kier alpha value is -2.31. The Labute approximate surface area is 168 Å². The van der Waals surface area contributed by atoms with E-state index < -0.39 is 0 Å². The first-order valence-corrected chi connectivity index (χ1v) is 10.6. The molecule has 1 heterocycles. The molecule has 1 N–H and O–H groups in total. The maximum Gasteiger partial charge on any atom is 0.230 e. The van der Waals surface area contributed by atoms with Gasteiger partial charge in [0.15, 0.2) is 4.34 Å². The first kappa shape index (κ1) is 19.5. The molecule has 0 aliphatic carbocycles. The highest BCUT2D eigenvalue weighted by molar-refractivity contribution is 8.01. The van der Waals surface area contributed by atoms with Crippen molar-refractivity contribution in [2.45, 2.75) is 17.7 Å². The Kier molecular flexibility index (Phi) is 6.90. The van der Waals surface area contributed by atoms with Gasteiger partial charge in [-0.05, 0) is 31.0 Å². The first-order chi connectivity index (χ1) is 13.1. The number of hydrogen-bond donors (Lipinski definition) is 1. The fourth-order valence-corrected chi connectivity index (χ4v) is 4.16. The van der Waals surface area contributed by atoms with E-state index in [9.17, 15) is 4.79 Å². The lowest BCUT2D eigenvalue weighted by Crippen LogP contribution is -2.27. The summed E-state index contributed by atoms with van der Waals surface area (Å²) in [6.07, 6.45) is 0.801. The summed E-state index contributed by atoms with van der Waals surface area (Å²) in [5.41, 5.74) is 4.47. The normalized spacial score (nSPS) is 10.6. The maximum absolute atomic E-state index is 12.0. The fourth-order valence-electron chi connectivity index (χ4n) is 2.50. The van der Waals surface area contributed by atoms with Crippen LogP contribution in [-0.4, -0.2) is 30.3 Å². The van der Waals surface area contributed by atoms with Crippen molar-refractivity contribution >= 4 is 29.0 Å². The SMILES string of the molecule is COc1ccc(CCNC(=O)CSc2nc(-c3ccc(C)cc3)cs2)cc1. The second-order valence-corrected chi connectivity index (χ2v) is 8.18. The molecule has 3 aromatic rings. The van der Waals surface area contributed by atoms with Crippen molar-refractivity contribution in [3.63, 3.8) is 0 Å². The molecule has 1 aromatic heterocycles. The summed E-state index contributed by atoms with van der Waals surface area (Å²) in [5.74, 6) is 1.25. The molecule has 0 radical (unpaired) electrons. The van der Waals surface area contributed by atoms with Crippen molar-refractivity contribution in [3.8, 4) is 17.0 Å². The van der Waals surface area contributed by atoms with Crippen LogP contribution in [0.15, 0.2) is 58.3 Å². The van der Waals surface area contributed by atoms with Gasteiger partial charge in [0.2, 0.25) is 5.91 Å². The molecular weight excluding hydrogens is 376 g/mol. The zero-order chi connectivity index (χ0) is 19.1. The number of nitrogens with one attached hydrogen (secondary N) is 1. The minimum Gasteiger partial charge on any atom is -0.497 e. The highest BCUT2D eigenvalue weighted by atomic mass is 32.2. The molecule has 6 heteroatoms. The third-order valence-electron chi connectivity index (χ3n) is 4.05. The van der Waals surface area contributed by atoms with Gasteiger partial charge < -0.3 is 10.1 Å². The predicted octanol–water partition coefficient (Wildman–Crippen LogP) is 4.58. The van der Waals surface area contributed by atoms with Crippen molar-refractivity contribution in [3.05, 3.63) is 65.0 Å². The van der Waals surface area contributed by atoms with Gasteiger partial charge in [0, 0.05) is 17.5 Å². The van der Waals surface area contributed by atoms with E-state index in [2.05, 4.69) is 41.5 Å². The number of benzene rings is 2. The van der Waals surface area contributed by atoms with Gasteiger partial charge in [-0.3, -0.25) is 4.79 Å². The number of ether oxygens (including phenoxy) is 1. The van der Waals surface area contributed by atoms with Gasteiger partial charge in [-0.1, -0.05) is 53.7 Å². The number of carbonyl (C=O) groups is 1. The van der Waals surface area contributed by atoms with Gasteiger partial charge in [0.25, 0.3) is 0 Å². The fraction of sp³-hybridized carbons (Fsp3) is 0.238. The van der Waals surface area contributed by atoms with Gasteiger partial charge in [0.05, 0.1) is 18.6 Å². The molecule has 1 amide bonds. The van der Waals surface area contributed by atoms with Crippen molar-refractivity contribution in [2.24, 2.45) is 0 Å².